The van der Waals surface area contributed by atoms with Crippen LogP contribution >= 0.6 is 0 Å². The molecule has 1 saturated heterocycles. The highest BCUT2D eigenvalue weighted by atomic mass is 16.4. The van der Waals surface area contributed by atoms with Crippen molar-refractivity contribution in [3.63, 3.8) is 0 Å². The van der Waals surface area contributed by atoms with Gasteiger partial charge in [-0.3, -0.25) is 4.79 Å². The summed E-state index contributed by atoms with van der Waals surface area (Å²) in [6.45, 7) is 2.37. The second-order valence-electron chi connectivity index (χ2n) is 3.20. The zero-order chi connectivity index (χ0) is 9.26. The molecule has 1 atom stereocenters. The lowest BCUT2D eigenvalue weighted by Crippen LogP contribution is -2.33. The molecule has 1 aliphatic heterocycles. The summed E-state index contributed by atoms with van der Waals surface area (Å²) in [6.07, 6.45) is 1.35. The maximum absolute atomic E-state index is 10.9. The van der Waals surface area contributed by atoms with Gasteiger partial charge in [0.05, 0.1) is 5.92 Å². The molecule has 1 amide bonds. The Morgan fingerprint density at radius 1 is 1.54 bits per heavy atom. The molecule has 0 radical (unpaired) electrons. The molecule has 2 rings (SSSR count). The number of rotatable bonds is 1. The van der Waals surface area contributed by atoms with E-state index in [9.17, 15) is 4.79 Å². The molecule has 1 aromatic rings. The van der Waals surface area contributed by atoms with Gasteiger partial charge in [0.25, 0.3) is 0 Å². The van der Waals surface area contributed by atoms with Gasteiger partial charge in [0.1, 0.15) is 0 Å². The van der Waals surface area contributed by atoms with Crippen LogP contribution in [0.15, 0.2) is 4.42 Å². The highest BCUT2D eigenvalue weighted by Crippen LogP contribution is 2.21. The number of nitrogens with zero attached hydrogens (tertiary/aromatic N) is 2. The van der Waals surface area contributed by atoms with Gasteiger partial charge in [0.2, 0.25) is 17.7 Å². The first-order valence-corrected chi connectivity index (χ1v) is 4.32. The number of carbonyl (C=O) groups is 1. The molecule has 13 heavy (non-hydrogen) atoms. The van der Waals surface area contributed by atoms with E-state index >= 15 is 0 Å². The van der Waals surface area contributed by atoms with Crippen LogP contribution in [-0.4, -0.2) is 22.6 Å². The van der Waals surface area contributed by atoms with Crippen molar-refractivity contribution in [2.24, 2.45) is 0 Å². The number of hydrogen-bond donors (Lipinski definition) is 1. The van der Waals surface area contributed by atoms with Crippen LogP contribution in [0.2, 0.25) is 0 Å². The average Bonchev–Trinajstić information content (AvgIpc) is 2.53. The summed E-state index contributed by atoms with van der Waals surface area (Å²) in [5, 5.41) is 10.5. The van der Waals surface area contributed by atoms with Crippen molar-refractivity contribution in [2.45, 2.75) is 25.7 Å². The Balaban J connectivity index is 2.06. The maximum Gasteiger partial charge on any atom is 0.221 e. The molecule has 1 aromatic heterocycles. The first-order chi connectivity index (χ1) is 6.25. The lowest BCUT2D eigenvalue weighted by Gasteiger charge is -2.18. The fraction of sp³-hybridized carbons (Fsp3) is 0.625. The number of piperidine rings is 1. The van der Waals surface area contributed by atoms with Gasteiger partial charge in [-0.2, -0.15) is 0 Å². The molecule has 1 fully saturated rings. The van der Waals surface area contributed by atoms with Gasteiger partial charge in [-0.25, -0.2) is 0 Å². The molecule has 5 heteroatoms. The van der Waals surface area contributed by atoms with Crippen LogP contribution in [0.4, 0.5) is 0 Å². The monoisotopic (exact) mass is 181 g/mol. The van der Waals surface area contributed by atoms with Crippen LogP contribution < -0.4 is 5.32 Å². The van der Waals surface area contributed by atoms with Crippen molar-refractivity contribution in [1.29, 1.82) is 0 Å². The zero-order valence-corrected chi connectivity index (χ0v) is 7.41. The van der Waals surface area contributed by atoms with Gasteiger partial charge in [0.15, 0.2) is 0 Å². The van der Waals surface area contributed by atoms with Crippen molar-refractivity contribution < 1.29 is 9.21 Å². The van der Waals surface area contributed by atoms with Crippen LogP contribution in [0.5, 0.6) is 0 Å². The summed E-state index contributed by atoms with van der Waals surface area (Å²) in [6, 6.07) is 0. The Kier molecular flexibility index (Phi) is 2.00. The van der Waals surface area contributed by atoms with Gasteiger partial charge in [-0.1, -0.05) is 0 Å². The summed E-state index contributed by atoms with van der Waals surface area (Å²) in [4.78, 5) is 10.9. The summed E-state index contributed by atoms with van der Waals surface area (Å²) in [5.74, 6) is 1.51. The molecular weight excluding hydrogens is 170 g/mol. The molecule has 0 saturated carbocycles. The van der Waals surface area contributed by atoms with E-state index < -0.39 is 0 Å². The Morgan fingerprint density at radius 3 is 2.92 bits per heavy atom. The van der Waals surface area contributed by atoms with Crippen molar-refractivity contribution >= 4 is 5.91 Å². The molecule has 2 heterocycles. The minimum absolute atomic E-state index is 0.104. The van der Waals surface area contributed by atoms with Crippen molar-refractivity contribution in [3.05, 3.63) is 11.8 Å². The normalized spacial score (nSPS) is 22.8. The van der Waals surface area contributed by atoms with Gasteiger partial charge in [-0.05, 0) is 6.42 Å². The third-order valence-electron chi connectivity index (χ3n) is 2.16. The van der Waals surface area contributed by atoms with Crippen molar-refractivity contribution in [2.75, 3.05) is 6.54 Å². The van der Waals surface area contributed by atoms with E-state index in [0.29, 0.717) is 24.7 Å². The van der Waals surface area contributed by atoms with Crippen LogP contribution in [0.3, 0.4) is 0 Å². The number of aromatic nitrogens is 2. The number of nitrogens with one attached hydrogen (secondary N) is 1. The highest BCUT2D eigenvalue weighted by molar-refractivity contribution is 5.76. The Morgan fingerprint density at radius 2 is 2.38 bits per heavy atom. The number of carbonyl (C=O) groups excluding carboxylic acids is 1. The van der Waals surface area contributed by atoms with Crippen LogP contribution in [0.25, 0.3) is 0 Å². The van der Waals surface area contributed by atoms with Gasteiger partial charge >= 0.3 is 0 Å². The van der Waals surface area contributed by atoms with Crippen LogP contribution in [-0.2, 0) is 4.79 Å². The second kappa shape index (κ2) is 3.16. The van der Waals surface area contributed by atoms with E-state index in [4.69, 9.17) is 4.42 Å². The minimum Gasteiger partial charge on any atom is -0.425 e. The third kappa shape index (κ3) is 1.68. The smallest absolute Gasteiger partial charge is 0.221 e. The Hall–Kier alpha value is -1.39. The van der Waals surface area contributed by atoms with Gasteiger partial charge in [0, 0.05) is 19.9 Å². The lowest BCUT2D eigenvalue weighted by molar-refractivity contribution is -0.122. The van der Waals surface area contributed by atoms with Crippen LogP contribution in [0, 0.1) is 6.92 Å². The summed E-state index contributed by atoms with van der Waals surface area (Å²) in [7, 11) is 0. The SMILES string of the molecule is Cc1nnc(C2CCC(=O)NC2)o1. The molecule has 0 aliphatic carbocycles. The molecule has 5 nitrogen and oxygen atoms in total. The largest absolute Gasteiger partial charge is 0.425 e. The highest BCUT2D eigenvalue weighted by Gasteiger charge is 2.23. The van der Waals surface area contributed by atoms with Crippen molar-refractivity contribution in [1.82, 2.24) is 15.5 Å². The zero-order valence-electron chi connectivity index (χ0n) is 7.41. The molecule has 1 unspecified atom stereocenters. The third-order valence-corrected chi connectivity index (χ3v) is 2.16. The predicted octanol–water partition coefficient (Wildman–Crippen LogP) is 0.372. The van der Waals surface area contributed by atoms with Crippen molar-refractivity contribution in [3.8, 4) is 0 Å². The molecule has 0 spiro atoms. The number of amides is 1. The first kappa shape index (κ1) is 8.22. The second-order valence-corrected chi connectivity index (χ2v) is 3.20. The molecular formula is C8H11N3O2. The first-order valence-electron chi connectivity index (χ1n) is 4.32. The van der Waals surface area contributed by atoms with E-state index in [1.807, 2.05) is 0 Å². The molecule has 70 valence electrons. The van der Waals surface area contributed by atoms with Crippen LogP contribution in [0.1, 0.15) is 30.5 Å². The number of aryl methyl sites for hydroxylation is 1. The molecule has 1 aliphatic rings. The van der Waals surface area contributed by atoms with Gasteiger partial charge < -0.3 is 9.73 Å². The lowest BCUT2D eigenvalue weighted by atomic mass is 9.99. The summed E-state index contributed by atoms with van der Waals surface area (Å²) < 4.78 is 5.28. The maximum atomic E-state index is 10.9. The molecule has 0 bridgehead atoms. The fourth-order valence-corrected chi connectivity index (χ4v) is 1.42. The topological polar surface area (TPSA) is 68.0 Å². The summed E-state index contributed by atoms with van der Waals surface area (Å²) in [5.41, 5.74) is 0. The van der Waals surface area contributed by atoms with E-state index in [0.717, 1.165) is 6.42 Å². The Labute approximate surface area is 75.5 Å². The van der Waals surface area contributed by atoms with E-state index in [-0.39, 0.29) is 11.8 Å². The average molecular weight is 181 g/mol. The van der Waals surface area contributed by atoms with E-state index in [2.05, 4.69) is 15.5 Å². The fourth-order valence-electron chi connectivity index (χ4n) is 1.42. The molecule has 0 aromatic carbocycles. The number of hydrogen-bond acceptors (Lipinski definition) is 4. The summed E-state index contributed by atoms with van der Waals surface area (Å²) >= 11 is 0. The Bertz CT molecular complexity index is 311. The molecule has 1 N–H and O–H groups in total. The van der Waals surface area contributed by atoms with Gasteiger partial charge in [-0.15, -0.1) is 10.2 Å². The van der Waals surface area contributed by atoms with E-state index in [1.165, 1.54) is 0 Å². The standard InChI is InChI=1S/C8H11N3O2/c1-5-10-11-8(13-5)6-2-3-7(12)9-4-6/h6H,2-4H2,1H3,(H,9,12). The predicted molar refractivity (Wildman–Crippen MR) is 44.0 cm³/mol. The van der Waals surface area contributed by atoms with E-state index in [1.54, 1.807) is 6.92 Å². The minimum atomic E-state index is 0.104. The quantitative estimate of drug-likeness (QED) is 0.679.